The highest BCUT2D eigenvalue weighted by Gasteiger charge is 2.19. The first-order valence-corrected chi connectivity index (χ1v) is 9.01. The number of phenolic OH excluding ortho intramolecular Hbond substituents is 2. The van der Waals surface area contributed by atoms with Crippen molar-refractivity contribution >= 4 is 34.0 Å². The lowest BCUT2D eigenvalue weighted by Crippen LogP contribution is -1.93. The quantitative estimate of drug-likeness (QED) is 0.363. The summed E-state index contributed by atoms with van der Waals surface area (Å²) in [5.41, 5.74) is 0.679. The van der Waals surface area contributed by atoms with Gasteiger partial charge in [0, 0.05) is 32.3 Å². The molecule has 2 nitrogen and oxygen atoms in total. The highest BCUT2D eigenvalue weighted by atomic mass is 35.5. The predicted molar refractivity (Wildman–Crippen MR) is 108 cm³/mol. The van der Waals surface area contributed by atoms with Crippen molar-refractivity contribution in [2.24, 2.45) is 0 Å². The van der Waals surface area contributed by atoms with Crippen molar-refractivity contribution in [3.63, 3.8) is 0 Å². The Bertz CT molecular complexity index is 1140. The van der Waals surface area contributed by atoms with Crippen LogP contribution in [0.3, 0.4) is 0 Å². The molecule has 4 rings (SSSR count). The summed E-state index contributed by atoms with van der Waals surface area (Å²) < 4.78 is 29.5. The van der Waals surface area contributed by atoms with Gasteiger partial charge in [-0.05, 0) is 59.3 Å². The minimum atomic E-state index is -0.581. The molecule has 0 unspecified atom stereocenters. The Morgan fingerprint density at radius 2 is 0.964 bits per heavy atom. The summed E-state index contributed by atoms with van der Waals surface area (Å²) in [6, 6.07) is 13.9. The van der Waals surface area contributed by atoms with Gasteiger partial charge in [0.25, 0.3) is 0 Å². The van der Waals surface area contributed by atoms with Crippen molar-refractivity contribution in [2.45, 2.75) is 0 Å². The van der Waals surface area contributed by atoms with Crippen LogP contribution < -0.4 is 0 Å². The van der Waals surface area contributed by atoms with E-state index in [9.17, 15) is 19.0 Å². The average molecular weight is 417 g/mol. The monoisotopic (exact) mass is 416 g/mol. The van der Waals surface area contributed by atoms with E-state index in [0.717, 1.165) is 0 Å². The van der Waals surface area contributed by atoms with Gasteiger partial charge < -0.3 is 10.2 Å². The van der Waals surface area contributed by atoms with Crippen molar-refractivity contribution in [3.05, 3.63) is 82.3 Å². The normalized spacial score (nSPS) is 11.1. The third-order valence-corrected chi connectivity index (χ3v) is 5.03. The van der Waals surface area contributed by atoms with Gasteiger partial charge in [0.05, 0.1) is 0 Å². The number of phenols is 2. The summed E-state index contributed by atoms with van der Waals surface area (Å²) in [6.45, 7) is 0. The lowest BCUT2D eigenvalue weighted by atomic mass is 9.91. The molecule has 0 heterocycles. The van der Waals surface area contributed by atoms with E-state index >= 15 is 0 Å². The number of halogens is 4. The molecule has 28 heavy (non-hydrogen) atoms. The second-order valence-electron chi connectivity index (χ2n) is 6.26. The van der Waals surface area contributed by atoms with E-state index in [1.165, 1.54) is 60.7 Å². The van der Waals surface area contributed by atoms with Crippen LogP contribution >= 0.6 is 23.2 Å². The highest BCUT2D eigenvalue weighted by Crippen LogP contribution is 2.43. The number of rotatable bonds is 2. The lowest BCUT2D eigenvalue weighted by Gasteiger charge is -2.15. The molecule has 0 aliphatic rings. The van der Waals surface area contributed by atoms with Gasteiger partial charge in [-0.1, -0.05) is 35.3 Å². The van der Waals surface area contributed by atoms with Crippen LogP contribution in [0.25, 0.3) is 33.0 Å². The zero-order valence-corrected chi connectivity index (χ0v) is 15.7. The van der Waals surface area contributed by atoms with Crippen molar-refractivity contribution < 1.29 is 19.0 Å². The van der Waals surface area contributed by atoms with Crippen LogP contribution in [0.5, 0.6) is 11.5 Å². The number of benzene rings is 4. The molecule has 0 spiro atoms. The fourth-order valence-electron chi connectivity index (χ4n) is 3.33. The standard InChI is InChI=1S/C22H12Cl2F2O2/c23-11-1-3-15(19(27)9-11)21-13-5-8-18(26)22(14(13)6-7-17(21)25)16-4-2-12(24)10-20(16)28/h1-10,27-28H. The maximum atomic E-state index is 14.7. The molecule has 0 aliphatic heterocycles. The van der Waals surface area contributed by atoms with Gasteiger partial charge in [0.2, 0.25) is 0 Å². The summed E-state index contributed by atoms with van der Waals surface area (Å²) in [5, 5.41) is 21.9. The average Bonchev–Trinajstić information content (AvgIpc) is 2.63. The molecule has 0 bridgehead atoms. The zero-order chi connectivity index (χ0) is 20.0. The minimum Gasteiger partial charge on any atom is -0.507 e. The Morgan fingerprint density at radius 1 is 0.571 bits per heavy atom. The third-order valence-electron chi connectivity index (χ3n) is 4.56. The van der Waals surface area contributed by atoms with Crippen LogP contribution in [-0.4, -0.2) is 10.2 Å². The molecule has 0 aliphatic carbocycles. The molecule has 0 atom stereocenters. The second kappa shape index (κ2) is 6.97. The van der Waals surface area contributed by atoms with Crippen LogP contribution in [0.2, 0.25) is 10.0 Å². The number of fused-ring (bicyclic) bond motifs is 1. The molecule has 140 valence electrons. The first kappa shape index (κ1) is 18.5. The Morgan fingerprint density at radius 3 is 1.32 bits per heavy atom. The second-order valence-corrected chi connectivity index (χ2v) is 7.14. The number of hydrogen-bond donors (Lipinski definition) is 2. The van der Waals surface area contributed by atoms with Gasteiger partial charge in [-0.2, -0.15) is 0 Å². The van der Waals surface area contributed by atoms with Gasteiger partial charge in [-0.3, -0.25) is 0 Å². The molecular weight excluding hydrogens is 405 g/mol. The Balaban J connectivity index is 2.09. The highest BCUT2D eigenvalue weighted by molar-refractivity contribution is 6.31. The summed E-state index contributed by atoms with van der Waals surface area (Å²) in [4.78, 5) is 0. The summed E-state index contributed by atoms with van der Waals surface area (Å²) in [6.07, 6.45) is 0. The van der Waals surface area contributed by atoms with Gasteiger partial charge in [-0.15, -0.1) is 0 Å². The molecule has 0 aromatic heterocycles. The van der Waals surface area contributed by atoms with Crippen molar-refractivity contribution in [1.29, 1.82) is 0 Å². The van der Waals surface area contributed by atoms with Gasteiger partial charge in [0.1, 0.15) is 23.1 Å². The predicted octanol–water partition coefficient (Wildman–Crippen LogP) is 7.17. The molecule has 0 saturated carbocycles. The molecule has 2 N–H and O–H groups in total. The Hall–Kier alpha value is -2.82. The van der Waals surface area contributed by atoms with E-state index in [1.54, 1.807) is 0 Å². The Kier molecular flexibility index (Phi) is 4.61. The molecule has 0 fully saturated rings. The molecule has 4 aromatic carbocycles. The van der Waals surface area contributed by atoms with Crippen LogP contribution in [0.1, 0.15) is 0 Å². The SMILES string of the molecule is Oc1cc(Cl)ccc1-c1c(F)ccc2c(-c3ccc(Cl)cc3O)c(F)ccc12. The molecule has 0 amide bonds. The van der Waals surface area contributed by atoms with E-state index in [1.807, 2.05) is 0 Å². The fourth-order valence-corrected chi connectivity index (χ4v) is 3.67. The fraction of sp³-hybridized carbons (Fsp3) is 0. The number of aromatic hydroxyl groups is 2. The van der Waals surface area contributed by atoms with E-state index in [-0.39, 0.29) is 33.8 Å². The van der Waals surface area contributed by atoms with Crippen LogP contribution in [-0.2, 0) is 0 Å². The maximum Gasteiger partial charge on any atom is 0.131 e. The van der Waals surface area contributed by atoms with Gasteiger partial charge in [0.15, 0.2) is 0 Å². The third kappa shape index (κ3) is 3.05. The van der Waals surface area contributed by atoms with Crippen molar-refractivity contribution in [3.8, 4) is 33.8 Å². The van der Waals surface area contributed by atoms with Crippen LogP contribution in [0, 0.1) is 11.6 Å². The van der Waals surface area contributed by atoms with E-state index < -0.39 is 11.6 Å². The first-order chi connectivity index (χ1) is 13.4. The summed E-state index contributed by atoms with van der Waals surface area (Å²) in [5.74, 6) is -1.55. The van der Waals surface area contributed by atoms with Crippen LogP contribution in [0.4, 0.5) is 8.78 Å². The van der Waals surface area contributed by atoms with Gasteiger partial charge in [-0.25, -0.2) is 8.78 Å². The van der Waals surface area contributed by atoms with E-state index in [0.29, 0.717) is 20.8 Å². The lowest BCUT2D eigenvalue weighted by molar-refractivity contribution is 0.476. The number of hydrogen-bond acceptors (Lipinski definition) is 2. The zero-order valence-electron chi connectivity index (χ0n) is 14.2. The molecule has 6 heteroatoms. The largest absolute Gasteiger partial charge is 0.507 e. The molecule has 0 saturated heterocycles. The summed E-state index contributed by atoms with van der Waals surface area (Å²) >= 11 is 11.8. The maximum absolute atomic E-state index is 14.7. The van der Waals surface area contributed by atoms with Gasteiger partial charge >= 0.3 is 0 Å². The first-order valence-electron chi connectivity index (χ1n) is 8.25. The minimum absolute atomic E-state index is 0.112. The van der Waals surface area contributed by atoms with Crippen LogP contribution in [0.15, 0.2) is 60.7 Å². The summed E-state index contributed by atoms with van der Waals surface area (Å²) in [7, 11) is 0. The molecule has 0 radical (unpaired) electrons. The van der Waals surface area contributed by atoms with E-state index in [2.05, 4.69) is 0 Å². The van der Waals surface area contributed by atoms with E-state index in [4.69, 9.17) is 23.2 Å². The topological polar surface area (TPSA) is 40.5 Å². The van der Waals surface area contributed by atoms with Crippen molar-refractivity contribution in [1.82, 2.24) is 0 Å². The molecular formula is C22H12Cl2F2O2. The molecule has 4 aromatic rings. The smallest absolute Gasteiger partial charge is 0.131 e. The van der Waals surface area contributed by atoms with Crippen molar-refractivity contribution in [2.75, 3.05) is 0 Å². The Labute approximate surface area is 169 Å².